The highest BCUT2D eigenvalue weighted by Gasteiger charge is 2.53. The van der Waals surface area contributed by atoms with Gasteiger partial charge in [-0.25, -0.2) is 4.79 Å². The molecular weight excluding hydrogens is 363 g/mol. The van der Waals surface area contributed by atoms with Gasteiger partial charge in [-0.1, -0.05) is 18.2 Å². The monoisotopic (exact) mass is 385 g/mol. The van der Waals surface area contributed by atoms with Crippen LogP contribution >= 0.6 is 0 Å². The molecule has 9 heteroatoms. The van der Waals surface area contributed by atoms with E-state index < -0.39 is 43.1 Å². The van der Waals surface area contributed by atoms with Crippen LogP contribution in [0.25, 0.3) is 0 Å². The molecule has 1 aromatic rings. The van der Waals surface area contributed by atoms with Crippen molar-refractivity contribution < 1.29 is 27.9 Å². The Balaban J connectivity index is 1.51. The minimum absolute atomic E-state index is 0.199. The number of carbonyl (C=O) groups excluding carboxylic acids is 1. The minimum Gasteiger partial charge on any atom is -0.481 e. The van der Waals surface area contributed by atoms with Gasteiger partial charge < -0.3 is 20.2 Å². The molecule has 0 radical (unpaired) electrons. The summed E-state index contributed by atoms with van der Waals surface area (Å²) in [6, 6.07) is 9.22. The summed E-state index contributed by atoms with van der Waals surface area (Å²) in [6.07, 6.45) is -3.77. The normalized spacial score (nSPS) is 25.7. The topological polar surface area (TPSA) is 72.9 Å². The molecule has 3 atom stereocenters. The third-order valence-corrected chi connectivity index (χ3v) is 5.29. The Bertz CT molecular complexity index is 683. The SMILES string of the molecule is O=C(O)[C@@H]1CN(C(=O)NCC2CCN(c3ccccc3)C2)C[C@H]1C(F)(F)F. The van der Waals surface area contributed by atoms with E-state index in [0.29, 0.717) is 6.54 Å². The Kier molecular flexibility index (Phi) is 5.48. The number of halogens is 3. The highest BCUT2D eigenvalue weighted by Crippen LogP contribution is 2.37. The van der Waals surface area contributed by atoms with E-state index in [0.717, 1.165) is 30.1 Å². The van der Waals surface area contributed by atoms with Crippen molar-refractivity contribution in [3.63, 3.8) is 0 Å². The summed E-state index contributed by atoms with van der Waals surface area (Å²) in [6.45, 7) is 0.922. The van der Waals surface area contributed by atoms with Crippen molar-refractivity contribution in [2.75, 3.05) is 37.6 Å². The summed E-state index contributed by atoms with van der Waals surface area (Å²) in [5.41, 5.74) is 1.10. The van der Waals surface area contributed by atoms with Crippen LogP contribution in [0.5, 0.6) is 0 Å². The van der Waals surface area contributed by atoms with Gasteiger partial charge in [0.2, 0.25) is 0 Å². The van der Waals surface area contributed by atoms with Gasteiger partial charge >= 0.3 is 18.2 Å². The predicted octanol–water partition coefficient (Wildman–Crippen LogP) is 2.42. The molecule has 1 aromatic carbocycles. The average Bonchev–Trinajstić information content (AvgIpc) is 3.27. The maximum absolute atomic E-state index is 13.0. The first kappa shape index (κ1) is 19.3. The van der Waals surface area contributed by atoms with Crippen LogP contribution < -0.4 is 10.2 Å². The number of alkyl halides is 3. The Morgan fingerprint density at radius 1 is 1.15 bits per heavy atom. The second-order valence-electron chi connectivity index (χ2n) is 7.12. The lowest BCUT2D eigenvalue weighted by Gasteiger charge is -2.21. The van der Waals surface area contributed by atoms with Gasteiger partial charge in [-0.2, -0.15) is 13.2 Å². The van der Waals surface area contributed by atoms with Crippen LogP contribution in [0.1, 0.15) is 6.42 Å². The Morgan fingerprint density at radius 3 is 2.44 bits per heavy atom. The van der Waals surface area contributed by atoms with E-state index in [2.05, 4.69) is 10.2 Å². The standard InChI is InChI=1S/C18H22F3N3O3/c19-18(20,21)15-11-24(10-14(15)16(25)26)17(27)22-8-12-6-7-23(9-12)13-4-2-1-3-5-13/h1-5,12,14-15H,6-11H2,(H,22,27)(H,25,26)/t12?,14-,15-/m1/s1. The number of para-hydroxylation sites is 1. The number of amides is 2. The molecule has 2 aliphatic rings. The lowest BCUT2D eigenvalue weighted by Crippen LogP contribution is -2.41. The number of carboxylic acid groups (broad SMARTS) is 1. The van der Waals surface area contributed by atoms with Crippen molar-refractivity contribution >= 4 is 17.7 Å². The van der Waals surface area contributed by atoms with Gasteiger partial charge in [0.05, 0.1) is 11.8 Å². The fourth-order valence-corrected chi connectivity index (χ4v) is 3.77. The van der Waals surface area contributed by atoms with E-state index in [9.17, 15) is 22.8 Å². The largest absolute Gasteiger partial charge is 0.481 e. The van der Waals surface area contributed by atoms with Gasteiger partial charge in [0.1, 0.15) is 0 Å². The highest BCUT2D eigenvalue weighted by atomic mass is 19.4. The number of anilines is 1. The van der Waals surface area contributed by atoms with Gasteiger partial charge in [-0.3, -0.25) is 4.79 Å². The molecule has 2 amide bonds. The fourth-order valence-electron chi connectivity index (χ4n) is 3.77. The molecule has 27 heavy (non-hydrogen) atoms. The molecule has 0 saturated carbocycles. The number of aliphatic carboxylic acids is 1. The van der Waals surface area contributed by atoms with Crippen LogP contribution in [0, 0.1) is 17.8 Å². The molecule has 148 valence electrons. The number of nitrogens with zero attached hydrogens (tertiary/aromatic N) is 2. The quantitative estimate of drug-likeness (QED) is 0.835. The summed E-state index contributed by atoms with van der Waals surface area (Å²) in [4.78, 5) is 26.5. The summed E-state index contributed by atoms with van der Waals surface area (Å²) in [5, 5.41) is 11.7. The molecule has 2 heterocycles. The van der Waals surface area contributed by atoms with Crippen LogP contribution in [-0.2, 0) is 4.79 Å². The van der Waals surface area contributed by atoms with Crippen molar-refractivity contribution in [3.8, 4) is 0 Å². The molecule has 0 aromatic heterocycles. The van der Waals surface area contributed by atoms with E-state index in [-0.39, 0.29) is 5.92 Å². The first-order valence-electron chi connectivity index (χ1n) is 8.88. The summed E-state index contributed by atoms with van der Waals surface area (Å²) < 4.78 is 39.0. The average molecular weight is 385 g/mol. The smallest absolute Gasteiger partial charge is 0.394 e. The molecule has 0 spiro atoms. The van der Waals surface area contributed by atoms with Gasteiger partial charge in [0, 0.05) is 38.4 Å². The lowest BCUT2D eigenvalue weighted by molar-refractivity contribution is -0.187. The molecule has 2 aliphatic heterocycles. The van der Waals surface area contributed by atoms with Crippen LogP contribution in [-0.4, -0.2) is 60.9 Å². The number of nitrogens with one attached hydrogen (secondary N) is 1. The zero-order chi connectivity index (χ0) is 19.6. The second-order valence-corrected chi connectivity index (χ2v) is 7.12. The molecule has 2 fully saturated rings. The zero-order valence-electron chi connectivity index (χ0n) is 14.7. The number of urea groups is 1. The summed E-state index contributed by atoms with van der Waals surface area (Å²) in [7, 11) is 0. The summed E-state index contributed by atoms with van der Waals surface area (Å²) >= 11 is 0. The van der Waals surface area contributed by atoms with Crippen molar-refractivity contribution in [2.24, 2.45) is 17.8 Å². The van der Waals surface area contributed by atoms with Crippen LogP contribution in [0.4, 0.5) is 23.7 Å². The third-order valence-electron chi connectivity index (χ3n) is 5.29. The van der Waals surface area contributed by atoms with Crippen LogP contribution in [0.3, 0.4) is 0 Å². The molecule has 3 rings (SSSR count). The molecule has 2 saturated heterocycles. The number of hydrogen-bond acceptors (Lipinski definition) is 3. The molecule has 6 nitrogen and oxygen atoms in total. The Labute approximate surface area is 154 Å². The van der Waals surface area contributed by atoms with Crippen molar-refractivity contribution in [1.82, 2.24) is 10.2 Å². The van der Waals surface area contributed by atoms with E-state index in [1.165, 1.54) is 0 Å². The van der Waals surface area contributed by atoms with Crippen LogP contribution in [0.2, 0.25) is 0 Å². The van der Waals surface area contributed by atoms with Crippen molar-refractivity contribution in [2.45, 2.75) is 12.6 Å². The van der Waals surface area contributed by atoms with Gasteiger partial charge in [-0.15, -0.1) is 0 Å². The fraction of sp³-hybridized carbons (Fsp3) is 0.556. The van der Waals surface area contributed by atoms with Crippen molar-refractivity contribution in [3.05, 3.63) is 30.3 Å². The highest BCUT2D eigenvalue weighted by molar-refractivity contribution is 5.77. The molecule has 0 aliphatic carbocycles. The first-order chi connectivity index (χ1) is 12.8. The molecule has 2 N–H and O–H groups in total. The van der Waals surface area contributed by atoms with Crippen LogP contribution in [0.15, 0.2) is 30.3 Å². The van der Waals surface area contributed by atoms with E-state index in [4.69, 9.17) is 5.11 Å². The Hall–Kier alpha value is -2.45. The lowest BCUT2D eigenvalue weighted by atomic mass is 9.96. The van der Waals surface area contributed by atoms with Gasteiger partial charge in [0.25, 0.3) is 0 Å². The maximum Gasteiger partial charge on any atom is 0.394 e. The van der Waals surface area contributed by atoms with E-state index in [1.807, 2.05) is 30.3 Å². The minimum atomic E-state index is -4.64. The number of carbonyl (C=O) groups is 2. The van der Waals surface area contributed by atoms with Gasteiger partial charge in [-0.05, 0) is 24.5 Å². The summed E-state index contributed by atoms with van der Waals surface area (Å²) in [5.74, 6) is -4.97. The van der Waals surface area contributed by atoms with Gasteiger partial charge in [0.15, 0.2) is 0 Å². The Morgan fingerprint density at radius 2 is 1.85 bits per heavy atom. The number of carboxylic acids is 1. The third kappa shape index (κ3) is 4.45. The molecule has 0 bridgehead atoms. The van der Waals surface area contributed by atoms with E-state index in [1.54, 1.807) is 0 Å². The molecular formula is C18H22F3N3O3. The maximum atomic E-state index is 13.0. The second kappa shape index (κ2) is 7.66. The number of rotatable bonds is 4. The first-order valence-corrected chi connectivity index (χ1v) is 8.88. The van der Waals surface area contributed by atoms with E-state index >= 15 is 0 Å². The number of likely N-dealkylation sites (tertiary alicyclic amines) is 1. The predicted molar refractivity (Wildman–Crippen MR) is 92.4 cm³/mol. The molecule has 1 unspecified atom stereocenters. The van der Waals surface area contributed by atoms with Crippen molar-refractivity contribution in [1.29, 1.82) is 0 Å². The number of benzene rings is 1. The zero-order valence-corrected chi connectivity index (χ0v) is 14.7. The number of hydrogen-bond donors (Lipinski definition) is 2.